The van der Waals surface area contributed by atoms with Gasteiger partial charge < -0.3 is 4.74 Å². The summed E-state index contributed by atoms with van der Waals surface area (Å²) < 4.78 is 8.86. The number of rotatable bonds is 5. The van der Waals surface area contributed by atoms with Gasteiger partial charge in [0.25, 0.3) is 0 Å². The maximum atomic E-state index is 5.62. The van der Waals surface area contributed by atoms with Crippen molar-refractivity contribution in [2.24, 2.45) is 0 Å². The molecule has 0 N–H and O–H groups in total. The van der Waals surface area contributed by atoms with Gasteiger partial charge in [-0.25, -0.2) is 0 Å². The van der Waals surface area contributed by atoms with Crippen molar-refractivity contribution in [2.45, 2.75) is 51.7 Å². The molecular weight excluding hydrogens is 268 g/mol. The summed E-state index contributed by atoms with van der Waals surface area (Å²) in [5, 5.41) is 4.47. The SMILES string of the molecule is CCCOCc1c(Br)cnn1C1CCCC1. The molecule has 2 rings (SSSR count). The molecule has 0 atom stereocenters. The van der Waals surface area contributed by atoms with E-state index in [-0.39, 0.29) is 0 Å². The lowest BCUT2D eigenvalue weighted by molar-refractivity contribution is 0.113. The standard InChI is InChI=1S/C12H19BrN2O/c1-2-7-16-9-12-11(13)8-14-15(12)10-5-3-4-6-10/h8,10H,2-7,9H2,1H3. The Bertz CT molecular complexity index is 332. The van der Waals surface area contributed by atoms with Gasteiger partial charge in [-0.3, -0.25) is 4.68 Å². The third-order valence-electron chi connectivity index (χ3n) is 3.11. The first-order valence-electron chi connectivity index (χ1n) is 6.12. The van der Waals surface area contributed by atoms with Gasteiger partial charge in [0.1, 0.15) is 0 Å². The molecule has 1 aromatic heterocycles. The average Bonchev–Trinajstić information content (AvgIpc) is 2.89. The van der Waals surface area contributed by atoms with Crippen LogP contribution in [0.25, 0.3) is 0 Å². The molecule has 90 valence electrons. The van der Waals surface area contributed by atoms with Crippen molar-refractivity contribution in [3.8, 4) is 0 Å². The van der Waals surface area contributed by atoms with Crippen molar-refractivity contribution < 1.29 is 4.74 Å². The smallest absolute Gasteiger partial charge is 0.0896 e. The second-order valence-electron chi connectivity index (χ2n) is 4.37. The van der Waals surface area contributed by atoms with E-state index in [9.17, 15) is 0 Å². The summed E-state index contributed by atoms with van der Waals surface area (Å²) in [6.45, 7) is 3.62. The molecule has 4 heteroatoms. The van der Waals surface area contributed by atoms with Crippen LogP contribution >= 0.6 is 15.9 Å². The fourth-order valence-corrected chi connectivity index (χ4v) is 2.67. The topological polar surface area (TPSA) is 27.1 Å². The first-order chi connectivity index (χ1) is 7.83. The first kappa shape index (κ1) is 12.1. The van der Waals surface area contributed by atoms with E-state index in [4.69, 9.17) is 4.74 Å². The molecule has 0 unspecified atom stereocenters. The minimum atomic E-state index is 0.589. The summed E-state index contributed by atoms with van der Waals surface area (Å²) in [6.07, 6.45) is 8.14. The quantitative estimate of drug-likeness (QED) is 0.772. The normalized spacial score (nSPS) is 17.1. The number of ether oxygens (including phenoxy) is 1. The summed E-state index contributed by atoms with van der Waals surface area (Å²) in [7, 11) is 0. The number of halogens is 1. The van der Waals surface area contributed by atoms with Crippen LogP contribution in [0.4, 0.5) is 0 Å². The highest BCUT2D eigenvalue weighted by Gasteiger charge is 2.21. The molecular formula is C12H19BrN2O. The van der Waals surface area contributed by atoms with Crippen LogP contribution in [0.2, 0.25) is 0 Å². The zero-order valence-corrected chi connectivity index (χ0v) is 11.4. The summed E-state index contributed by atoms with van der Waals surface area (Å²) >= 11 is 3.55. The fourth-order valence-electron chi connectivity index (χ4n) is 2.28. The summed E-state index contributed by atoms with van der Waals surface area (Å²) in [5.41, 5.74) is 1.19. The number of nitrogens with zero attached hydrogens (tertiary/aromatic N) is 2. The monoisotopic (exact) mass is 286 g/mol. The van der Waals surface area contributed by atoms with E-state index in [1.807, 2.05) is 6.20 Å². The molecule has 0 aromatic carbocycles. The molecule has 0 spiro atoms. The highest BCUT2D eigenvalue weighted by Crippen LogP contribution is 2.32. The van der Waals surface area contributed by atoms with Gasteiger partial charge in [-0.2, -0.15) is 5.10 Å². The van der Waals surface area contributed by atoms with Crippen LogP contribution in [0, 0.1) is 0 Å². The van der Waals surface area contributed by atoms with E-state index in [1.54, 1.807) is 0 Å². The van der Waals surface area contributed by atoms with Crippen molar-refractivity contribution in [1.29, 1.82) is 0 Å². The third-order valence-corrected chi connectivity index (χ3v) is 3.77. The third kappa shape index (κ3) is 2.66. The second-order valence-corrected chi connectivity index (χ2v) is 5.23. The highest BCUT2D eigenvalue weighted by molar-refractivity contribution is 9.10. The lowest BCUT2D eigenvalue weighted by Gasteiger charge is -2.14. The van der Waals surface area contributed by atoms with Gasteiger partial charge in [-0.15, -0.1) is 0 Å². The van der Waals surface area contributed by atoms with Gasteiger partial charge in [-0.1, -0.05) is 19.8 Å². The molecule has 3 nitrogen and oxygen atoms in total. The Morgan fingerprint density at radius 2 is 2.25 bits per heavy atom. The van der Waals surface area contributed by atoms with Gasteiger partial charge >= 0.3 is 0 Å². The lowest BCUT2D eigenvalue weighted by atomic mass is 10.2. The second kappa shape index (κ2) is 5.82. The molecule has 1 saturated carbocycles. The molecule has 0 aliphatic heterocycles. The molecule has 1 aliphatic rings. The number of aromatic nitrogens is 2. The Balaban J connectivity index is 2.05. The molecule has 0 radical (unpaired) electrons. The number of hydrogen-bond acceptors (Lipinski definition) is 2. The molecule has 16 heavy (non-hydrogen) atoms. The summed E-state index contributed by atoms with van der Waals surface area (Å²) in [4.78, 5) is 0. The van der Waals surface area contributed by atoms with E-state index in [0.717, 1.165) is 17.5 Å². The van der Waals surface area contributed by atoms with E-state index in [1.165, 1.54) is 31.4 Å². The minimum absolute atomic E-state index is 0.589. The van der Waals surface area contributed by atoms with Crippen LogP contribution in [0.15, 0.2) is 10.7 Å². The van der Waals surface area contributed by atoms with Crippen molar-refractivity contribution in [1.82, 2.24) is 9.78 Å². The van der Waals surface area contributed by atoms with Crippen LogP contribution in [0.5, 0.6) is 0 Å². The van der Waals surface area contributed by atoms with Crippen LogP contribution in [-0.2, 0) is 11.3 Å². The van der Waals surface area contributed by atoms with Crippen LogP contribution in [0.3, 0.4) is 0 Å². The molecule has 0 bridgehead atoms. The molecule has 1 fully saturated rings. The van der Waals surface area contributed by atoms with Crippen molar-refractivity contribution >= 4 is 15.9 Å². The maximum absolute atomic E-state index is 5.62. The lowest BCUT2D eigenvalue weighted by Crippen LogP contribution is -2.11. The van der Waals surface area contributed by atoms with E-state index >= 15 is 0 Å². The molecule has 0 amide bonds. The minimum Gasteiger partial charge on any atom is -0.375 e. The molecule has 1 aromatic rings. The maximum Gasteiger partial charge on any atom is 0.0896 e. The Hall–Kier alpha value is -0.350. The summed E-state index contributed by atoms with van der Waals surface area (Å²) in [5.74, 6) is 0. The van der Waals surface area contributed by atoms with E-state index in [0.29, 0.717) is 12.6 Å². The van der Waals surface area contributed by atoms with Gasteiger partial charge in [-0.05, 0) is 35.2 Å². The van der Waals surface area contributed by atoms with Gasteiger partial charge in [0.05, 0.1) is 29.0 Å². The zero-order valence-electron chi connectivity index (χ0n) is 9.79. The van der Waals surface area contributed by atoms with Crippen LogP contribution < -0.4 is 0 Å². The van der Waals surface area contributed by atoms with Crippen molar-refractivity contribution in [2.75, 3.05) is 6.61 Å². The largest absolute Gasteiger partial charge is 0.375 e. The van der Waals surface area contributed by atoms with Crippen molar-refractivity contribution in [3.05, 3.63) is 16.4 Å². The predicted octanol–water partition coefficient (Wildman–Crippen LogP) is 3.69. The highest BCUT2D eigenvalue weighted by atomic mass is 79.9. The Labute approximate surface area is 105 Å². The fraction of sp³-hybridized carbons (Fsp3) is 0.750. The van der Waals surface area contributed by atoms with E-state index < -0.39 is 0 Å². The molecule has 1 aliphatic carbocycles. The average molecular weight is 287 g/mol. The first-order valence-corrected chi connectivity index (χ1v) is 6.92. The summed E-state index contributed by atoms with van der Waals surface area (Å²) in [6, 6.07) is 0.589. The van der Waals surface area contributed by atoms with Crippen LogP contribution in [0.1, 0.15) is 50.8 Å². The van der Waals surface area contributed by atoms with Gasteiger partial charge in [0, 0.05) is 6.61 Å². The molecule has 1 heterocycles. The Kier molecular flexibility index (Phi) is 4.41. The van der Waals surface area contributed by atoms with Gasteiger partial charge in [0.15, 0.2) is 0 Å². The zero-order chi connectivity index (χ0) is 11.4. The number of hydrogen-bond donors (Lipinski definition) is 0. The predicted molar refractivity (Wildman–Crippen MR) is 67.4 cm³/mol. The molecule has 0 saturated heterocycles. The van der Waals surface area contributed by atoms with Crippen LogP contribution in [-0.4, -0.2) is 16.4 Å². The van der Waals surface area contributed by atoms with Crippen molar-refractivity contribution in [3.63, 3.8) is 0 Å². The Morgan fingerprint density at radius 3 is 2.94 bits per heavy atom. The van der Waals surface area contributed by atoms with Gasteiger partial charge in [0.2, 0.25) is 0 Å². The Morgan fingerprint density at radius 1 is 1.50 bits per heavy atom. The van der Waals surface area contributed by atoms with E-state index in [2.05, 4.69) is 32.6 Å².